The first-order chi connectivity index (χ1) is 10.1. The molecule has 0 amide bonds. The summed E-state index contributed by atoms with van der Waals surface area (Å²) in [5.41, 5.74) is -1.52. The monoisotopic (exact) mass is 317 g/mol. The predicted molar refractivity (Wildman–Crippen MR) is 78.8 cm³/mol. The number of halogens is 3. The molecule has 1 aliphatic heterocycles. The lowest BCUT2D eigenvalue weighted by Crippen LogP contribution is -2.55. The molecule has 0 unspecified atom stereocenters. The second kappa shape index (κ2) is 6.04. The fraction of sp³-hybridized carbons (Fsp3) is 0.667. The van der Waals surface area contributed by atoms with Gasteiger partial charge in [-0.2, -0.15) is 13.2 Å². The highest BCUT2D eigenvalue weighted by atomic mass is 19.4. The maximum Gasteiger partial charge on any atom is 0.419 e. The van der Waals surface area contributed by atoms with Crippen LogP contribution < -0.4 is 4.90 Å². The lowest BCUT2D eigenvalue weighted by atomic mass is 10.1. The van der Waals surface area contributed by atoms with Gasteiger partial charge in [-0.1, -0.05) is 0 Å². The Balaban J connectivity index is 2.14. The van der Waals surface area contributed by atoms with E-state index >= 15 is 0 Å². The first-order valence-electron chi connectivity index (χ1n) is 7.31. The Morgan fingerprint density at radius 1 is 1.32 bits per heavy atom. The van der Waals surface area contributed by atoms with E-state index < -0.39 is 17.3 Å². The molecule has 1 saturated heterocycles. The molecule has 0 aromatic carbocycles. The van der Waals surface area contributed by atoms with Crippen molar-refractivity contribution in [1.29, 1.82) is 0 Å². The van der Waals surface area contributed by atoms with Gasteiger partial charge in [-0.3, -0.25) is 4.90 Å². The van der Waals surface area contributed by atoms with Crippen molar-refractivity contribution in [2.75, 3.05) is 31.1 Å². The Morgan fingerprint density at radius 2 is 2.00 bits per heavy atom. The highest BCUT2D eigenvalue weighted by Gasteiger charge is 2.37. The highest BCUT2D eigenvalue weighted by Crippen LogP contribution is 2.35. The molecule has 124 valence electrons. The summed E-state index contributed by atoms with van der Waals surface area (Å²) >= 11 is 0. The molecule has 1 N–H and O–H groups in total. The molecule has 0 spiro atoms. The van der Waals surface area contributed by atoms with E-state index in [4.69, 9.17) is 0 Å². The van der Waals surface area contributed by atoms with Crippen molar-refractivity contribution in [2.45, 2.75) is 38.6 Å². The first kappa shape index (κ1) is 17.0. The Kier molecular flexibility index (Phi) is 4.67. The third kappa shape index (κ3) is 4.10. The van der Waals surface area contributed by atoms with Gasteiger partial charge in [0.05, 0.1) is 11.2 Å². The first-order valence-corrected chi connectivity index (χ1v) is 7.31. The molecule has 1 aromatic heterocycles. The van der Waals surface area contributed by atoms with E-state index in [0.717, 1.165) is 6.07 Å². The maximum atomic E-state index is 13.1. The van der Waals surface area contributed by atoms with E-state index in [1.54, 1.807) is 18.7 Å². The lowest BCUT2D eigenvalue weighted by molar-refractivity contribution is -0.137. The number of aliphatic hydroxyl groups is 1. The Hall–Kier alpha value is -1.34. The zero-order chi connectivity index (χ0) is 16.5. The van der Waals surface area contributed by atoms with E-state index in [1.165, 1.54) is 12.3 Å². The van der Waals surface area contributed by atoms with Crippen LogP contribution in [0.4, 0.5) is 19.0 Å². The zero-order valence-electron chi connectivity index (χ0n) is 13.1. The van der Waals surface area contributed by atoms with E-state index in [0.29, 0.717) is 26.2 Å². The molecule has 0 aliphatic carbocycles. The number of hydrogen-bond acceptors (Lipinski definition) is 4. The van der Waals surface area contributed by atoms with Crippen molar-refractivity contribution in [1.82, 2.24) is 9.88 Å². The minimum Gasteiger partial charge on any atom is -0.389 e. The topological polar surface area (TPSA) is 39.6 Å². The van der Waals surface area contributed by atoms with Crippen molar-refractivity contribution in [3.63, 3.8) is 0 Å². The van der Waals surface area contributed by atoms with Crippen LogP contribution in [0.5, 0.6) is 0 Å². The number of aromatic nitrogens is 1. The molecule has 1 aliphatic rings. The van der Waals surface area contributed by atoms with Crippen molar-refractivity contribution >= 4 is 5.82 Å². The largest absolute Gasteiger partial charge is 0.419 e. The van der Waals surface area contributed by atoms with Gasteiger partial charge < -0.3 is 10.0 Å². The van der Waals surface area contributed by atoms with Crippen LogP contribution in [0.3, 0.4) is 0 Å². The van der Waals surface area contributed by atoms with Crippen LogP contribution in [0.15, 0.2) is 18.3 Å². The summed E-state index contributed by atoms with van der Waals surface area (Å²) in [4.78, 5) is 7.71. The summed E-state index contributed by atoms with van der Waals surface area (Å²) in [6.07, 6.45) is -3.02. The molecule has 2 rings (SSSR count). The van der Waals surface area contributed by atoms with Gasteiger partial charge in [-0.15, -0.1) is 0 Å². The van der Waals surface area contributed by atoms with Crippen molar-refractivity contribution in [3.8, 4) is 0 Å². The van der Waals surface area contributed by atoms with Crippen molar-refractivity contribution in [2.24, 2.45) is 0 Å². The fourth-order valence-corrected chi connectivity index (χ4v) is 2.79. The Labute approximate surface area is 128 Å². The Morgan fingerprint density at radius 3 is 2.55 bits per heavy atom. The average molecular weight is 317 g/mol. The molecule has 1 atom stereocenters. The smallest absolute Gasteiger partial charge is 0.389 e. The second-order valence-electron chi connectivity index (χ2n) is 6.45. The van der Waals surface area contributed by atoms with Gasteiger partial charge in [0.1, 0.15) is 5.82 Å². The SMILES string of the molecule is C[C@@H]1CN(c2ncccc2C(F)(F)F)CCN1CC(C)(C)O. The maximum absolute atomic E-state index is 13.1. The van der Waals surface area contributed by atoms with Gasteiger partial charge in [0.2, 0.25) is 0 Å². The Bertz CT molecular complexity index is 513. The molecule has 1 aromatic rings. The number of hydrogen-bond donors (Lipinski definition) is 1. The normalized spacial score (nSPS) is 21.2. The number of alkyl halides is 3. The van der Waals surface area contributed by atoms with Crippen LogP contribution in [0.25, 0.3) is 0 Å². The lowest BCUT2D eigenvalue weighted by Gasteiger charge is -2.42. The summed E-state index contributed by atoms with van der Waals surface area (Å²) in [6.45, 7) is 7.42. The van der Waals surface area contributed by atoms with E-state index in [9.17, 15) is 18.3 Å². The third-order valence-corrected chi connectivity index (χ3v) is 3.75. The van der Waals surface area contributed by atoms with Gasteiger partial charge in [-0.05, 0) is 32.9 Å². The summed E-state index contributed by atoms with van der Waals surface area (Å²) in [5, 5.41) is 9.91. The van der Waals surface area contributed by atoms with Crippen LogP contribution in [0, 0.1) is 0 Å². The summed E-state index contributed by atoms with van der Waals surface area (Å²) in [7, 11) is 0. The molecular formula is C15H22F3N3O. The molecule has 4 nitrogen and oxygen atoms in total. The van der Waals surface area contributed by atoms with E-state index in [-0.39, 0.29) is 11.9 Å². The number of pyridine rings is 1. The zero-order valence-corrected chi connectivity index (χ0v) is 13.1. The molecular weight excluding hydrogens is 295 g/mol. The van der Waals surface area contributed by atoms with Crippen molar-refractivity contribution < 1.29 is 18.3 Å². The summed E-state index contributed by atoms with van der Waals surface area (Å²) < 4.78 is 39.3. The van der Waals surface area contributed by atoms with Gasteiger partial charge in [0.15, 0.2) is 0 Å². The van der Waals surface area contributed by atoms with Crippen LogP contribution in [-0.2, 0) is 6.18 Å². The average Bonchev–Trinajstić information content (AvgIpc) is 2.39. The number of rotatable bonds is 3. The molecule has 7 heteroatoms. The minimum absolute atomic E-state index is 0.00948. The second-order valence-corrected chi connectivity index (χ2v) is 6.45. The van der Waals surface area contributed by atoms with Crippen molar-refractivity contribution in [3.05, 3.63) is 23.9 Å². The van der Waals surface area contributed by atoms with Crippen LogP contribution in [0.1, 0.15) is 26.3 Å². The fourth-order valence-electron chi connectivity index (χ4n) is 2.79. The summed E-state index contributed by atoms with van der Waals surface area (Å²) in [5.74, 6) is -0.00948. The quantitative estimate of drug-likeness (QED) is 0.929. The standard InChI is InChI=1S/C15H22F3N3O/c1-11-9-20(7-8-21(11)10-14(2,3)22)13-12(15(16,17)18)5-4-6-19-13/h4-6,11,22H,7-10H2,1-3H3/t11-/m1/s1. The summed E-state index contributed by atoms with van der Waals surface area (Å²) in [6, 6.07) is 2.42. The molecule has 0 bridgehead atoms. The predicted octanol–water partition coefficient (Wildman–Crippen LogP) is 2.38. The van der Waals surface area contributed by atoms with Gasteiger partial charge in [-0.25, -0.2) is 4.98 Å². The molecule has 0 radical (unpaired) electrons. The van der Waals surface area contributed by atoms with Gasteiger partial charge in [0.25, 0.3) is 0 Å². The van der Waals surface area contributed by atoms with E-state index in [1.807, 2.05) is 6.92 Å². The number of piperazine rings is 1. The van der Waals surface area contributed by atoms with E-state index in [2.05, 4.69) is 9.88 Å². The molecule has 22 heavy (non-hydrogen) atoms. The van der Waals surface area contributed by atoms with Crippen LogP contribution in [-0.4, -0.2) is 52.8 Å². The minimum atomic E-state index is -4.41. The number of nitrogens with zero attached hydrogens (tertiary/aromatic N) is 3. The number of anilines is 1. The van der Waals surface area contributed by atoms with Gasteiger partial charge in [0, 0.05) is 38.4 Å². The number of β-amino-alcohol motifs (C(OH)–C–C–N with tert-alkyl or cyclic N) is 1. The third-order valence-electron chi connectivity index (χ3n) is 3.75. The van der Waals surface area contributed by atoms with Crippen LogP contribution >= 0.6 is 0 Å². The van der Waals surface area contributed by atoms with Gasteiger partial charge >= 0.3 is 6.18 Å². The molecule has 0 saturated carbocycles. The highest BCUT2D eigenvalue weighted by molar-refractivity contribution is 5.49. The molecule has 2 heterocycles. The van der Waals surface area contributed by atoms with Crippen LogP contribution in [0.2, 0.25) is 0 Å². The molecule has 1 fully saturated rings.